The first-order valence-electron chi connectivity index (χ1n) is 16.1. The second kappa shape index (κ2) is 10.4. The van der Waals surface area contributed by atoms with Gasteiger partial charge in [0.2, 0.25) is 0 Å². The minimum absolute atomic E-state index is 0.620. The Hall–Kier alpha value is -5.76. The van der Waals surface area contributed by atoms with Gasteiger partial charge in [0.25, 0.3) is 0 Å². The van der Waals surface area contributed by atoms with Gasteiger partial charge in [-0.25, -0.2) is 9.97 Å². The van der Waals surface area contributed by atoms with Crippen molar-refractivity contribution in [3.05, 3.63) is 145 Å². The van der Waals surface area contributed by atoms with E-state index in [4.69, 9.17) is 9.97 Å². The van der Waals surface area contributed by atoms with Gasteiger partial charge < -0.3 is 4.57 Å². The van der Waals surface area contributed by atoms with Gasteiger partial charge in [-0.05, 0) is 47.1 Å². The molecule has 4 heteroatoms. The molecule has 3 heterocycles. The maximum atomic E-state index is 5.36. The average molecular weight is 618 g/mol. The quantitative estimate of drug-likeness (QED) is 0.185. The van der Waals surface area contributed by atoms with Crippen LogP contribution in [0.1, 0.15) is 23.4 Å². The van der Waals surface area contributed by atoms with E-state index in [1.54, 1.807) is 0 Å². The molecular weight excluding hydrogens is 591 g/mol. The third kappa shape index (κ3) is 3.94. The number of aromatic nitrogens is 3. The molecule has 0 fully saturated rings. The molecule has 10 rings (SSSR count). The van der Waals surface area contributed by atoms with Gasteiger partial charge in [0, 0.05) is 54.2 Å². The van der Waals surface area contributed by atoms with Gasteiger partial charge in [0.15, 0.2) is 5.82 Å². The number of hydrogen-bond acceptors (Lipinski definition) is 3. The Morgan fingerprint density at radius 2 is 1.53 bits per heavy atom. The van der Waals surface area contributed by atoms with Crippen molar-refractivity contribution in [3.63, 3.8) is 0 Å². The van der Waals surface area contributed by atoms with Gasteiger partial charge in [-0.3, -0.25) is 0 Å². The highest BCUT2D eigenvalue weighted by Gasteiger charge is 2.30. The van der Waals surface area contributed by atoms with Crippen molar-refractivity contribution in [1.29, 1.82) is 0 Å². The van der Waals surface area contributed by atoms with E-state index >= 15 is 0 Å². The zero-order valence-electron chi connectivity index (χ0n) is 25.5. The van der Waals surface area contributed by atoms with Gasteiger partial charge in [0.1, 0.15) is 0 Å². The van der Waals surface area contributed by atoms with Crippen LogP contribution >= 0.6 is 11.3 Å². The van der Waals surface area contributed by atoms with Crippen LogP contribution in [0.25, 0.3) is 75.6 Å². The number of thiophene rings is 1. The van der Waals surface area contributed by atoms with Gasteiger partial charge in [0.05, 0.1) is 23.1 Å². The molecule has 0 saturated heterocycles. The number of allylic oxidation sites excluding steroid dienone is 4. The van der Waals surface area contributed by atoms with Crippen molar-refractivity contribution >= 4 is 58.8 Å². The summed E-state index contributed by atoms with van der Waals surface area (Å²) in [6, 6.07) is 37.1. The number of nitrogens with zero attached hydrogens (tertiary/aromatic N) is 3. The maximum absolute atomic E-state index is 5.36. The normalized spacial score (nSPS) is 13.7. The number of hydrogen-bond donors (Lipinski definition) is 0. The van der Waals surface area contributed by atoms with E-state index in [1.165, 1.54) is 64.2 Å². The largest absolute Gasteiger partial charge is 0.309 e. The van der Waals surface area contributed by atoms with Crippen molar-refractivity contribution in [1.82, 2.24) is 14.5 Å². The molecule has 0 spiro atoms. The molecule has 8 aromatic rings. The Labute approximate surface area is 276 Å². The molecule has 3 nitrogen and oxygen atoms in total. The summed E-state index contributed by atoms with van der Waals surface area (Å²) in [5.74, 6) is 7.23. The maximum Gasteiger partial charge on any atom is 0.159 e. The standard InChI is InChI=1S/C43H27N3S/c1-2-5-16-28(15-4-1)40-35(26-44-43(45-40)29-17-6-3-7-18-29)46-34-25-24-27-14-8-9-19-30(27)37(34)38-31-20-10-11-21-32(31)42-39(41(38)46)33-22-12-13-23-36(33)47-42/h1,3-4,6-15,17-23,26H,16,24-25H2. The molecule has 0 N–H and O–H groups in total. The zero-order valence-corrected chi connectivity index (χ0v) is 26.3. The molecule has 0 amide bonds. The molecule has 0 atom stereocenters. The van der Waals surface area contributed by atoms with E-state index in [0.717, 1.165) is 41.2 Å². The molecule has 0 saturated carbocycles. The highest BCUT2D eigenvalue weighted by Crippen LogP contribution is 2.51. The summed E-state index contributed by atoms with van der Waals surface area (Å²) in [4.78, 5) is 10.4. The molecule has 2 aliphatic carbocycles. The van der Waals surface area contributed by atoms with Crippen LogP contribution < -0.4 is 0 Å². The van der Waals surface area contributed by atoms with Gasteiger partial charge in [-0.15, -0.1) is 11.3 Å². The highest BCUT2D eigenvalue weighted by molar-refractivity contribution is 7.27. The van der Waals surface area contributed by atoms with Crippen LogP contribution in [0.15, 0.2) is 128 Å². The Balaban J connectivity index is 1.43. The third-order valence-electron chi connectivity index (χ3n) is 9.66. The van der Waals surface area contributed by atoms with Gasteiger partial charge in [-0.2, -0.15) is 0 Å². The van der Waals surface area contributed by atoms with Crippen LogP contribution in [0.5, 0.6) is 0 Å². The van der Waals surface area contributed by atoms with E-state index in [2.05, 4.69) is 114 Å². The molecule has 2 aliphatic rings. The summed E-state index contributed by atoms with van der Waals surface area (Å²) in [6.45, 7) is 0. The molecule has 0 radical (unpaired) electrons. The van der Waals surface area contributed by atoms with Crippen molar-refractivity contribution in [2.24, 2.45) is 0 Å². The minimum atomic E-state index is 0.620. The molecule has 0 unspecified atom stereocenters. The van der Waals surface area contributed by atoms with Crippen molar-refractivity contribution in [2.75, 3.05) is 0 Å². The molecule has 220 valence electrons. The second-order valence-corrected chi connectivity index (χ2v) is 13.3. The van der Waals surface area contributed by atoms with E-state index in [1.807, 2.05) is 41.7 Å². The first-order valence-corrected chi connectivity index (χ1v) is 16.9. The number of fused-ring (bicyclic) bond motifs is 12. The van der Waals surface area contributed by atoms with Crippen LogP contribution in [0.4, 0.5) is 0 Å². The van der Waals surface area contributed by atoms with Crippen LogP contribution in [0.3, 0.4) is 0 Å². The predicted octanol–water partition coefficient (Wildman–Crippen LogP) is 10.7. The molecule has 3 aromatic heterocycles. The summed E-state index contributed by atoms with van der Waals surface area (Å²) < 4.78 is 5.15. The van der Waals surface area contributed by atoms with Gasteiger partial charge in [-0.1, -0.05) is 121 Å². The first-order chi connectivity index (χ1) is 23.3. The minimum Gasteiger partial charge on any atom is -0.309 e. The van der Waals surface area contributed by atoms with Crippen LogP contribution in [-0.4, -0.2) is 14.5 Å². The SMILES string of the molecule is C1#CCC(c2nc(-c3ccccc3)ncc2-n2c3c(c4c5ccccc5c5sc6ccccc6c5c42)-c2ccccc2CC3)=CC=C1. The monoisotopic (exact) mass is 617 g/mol. The van der Waals surface area contributed by atoms with E-state index in [9.17, 15) is 0 Å². The highest BCUT2D eigenvalue weighted by atomic mass is 32.1. The van der Waals surface area contributed by atoms with Crippen molar-refractivity contribution in [2.45, 2.75) is 19.3 Å². The third-order valence-corrected chi connectivity index (χ3v) is 10.9. The fraction of sp³-hybridized carbons (Fsp3) is 0.0698. The Bertz CT molecular complexity index is 2710. The molecular formula is C43H27N3S. The Kier molecular flexibility index (Phi) is 5.85. The zero-order chi connectivity index (χ0) is 30.9. The Morgan fingerprint density at radius 3 is 2.45 bits per heavy atom. The fourth-order valence-electron chi connectivity index (χ4n) is 7.66. The number of benzene rings is 5. The molecule has 0 aliphatic heterocycles. The molecule has 5 aromatic carbocycles. The average Bonchev–Trinajstić information content (AvgIpc) is 3.56. The summed E-state index contributed by atoms with van der Waals surface area (Å²) in [6.07, 6.45) is 10.7. The second-order valence-electron chi connectivity index (χ2n) is 12.2. The fourth-order valence-corrected chi connectivity index (χ4v) is 8.90. The van der Waals surface area contributed by atoms with Crippen molar-refractivity contribution < 1.29 is 0 Å². The summed E-state index contributed by atoms with van der Waals surface area (Å²) >= 11 is 1.89. The van der Waals surface area contributed by atoms with Crippen LogP contribution in [-0.2, 0) is 12.8 Å². The molecule has 47 heavy (non-hydrogen) atoms. The van der Waals surface area contributed by atoms with Crippen LogP contribution in [0, 0.1) is 11.8 Å². The number of rotatable bonds is 3. The van der Waals surface area contributed by atoms with E-state index < -0.39 is 0 Å². The summed E-state index contributed by atoms with van der Waals surface area (Å²) in [5.41, 5.74) is 10.7. The van der Waals surface area contributed by atoms with E-state index in [0.29, 0.717) is 6.42 Å². The predicted molar refractivity (Wildman–Crippen MR) is 197 cm³/mol. The lowest BCUT2D eigenvalue weighted by Crippen LogP contribution is -2.11. The lowest BCUT2D eigenvalue weighted by Gasteiger charge is -2.21. The van der Waals surface area contributed by atoms with Crippen molar-refractivity contribution in [3.8, 4) is 40.0 Å². The number of aryl methyl sites for hydroxylation is 1. The van der Waals surface area contributed by atoms with E-state index in [-0.39, 0.29) is 0 Å². The molecule has 0 bridgehead atoms. The Morgan fingerprint density at radius 1 is 0.745 bits per heavy atom. The van der Waals surface area contributed by atoms with Gasteiger partial charge >= 0.3 is 0 Å². The lowest BCUT2D eigenvalue weighted by atomic mass is 9.87. The lowest BCUT2D eigenvalue weighted by molar-refractivity contribution is 0.858. The summed E-state index contributed by atoms with van der Waals surface area (Å²) in [5, 5.41) is 6.50. The smallest absolute Gasteiger partial charge is 0.159 e. The first kappa shape index (κ1) is 26.5. The van der Waals surface area contributed by atoms with Crippen LogP contribution in [0.2, 0.25) is 0 Å². The summed E-state index contributed by atoms with van der Waals surface area (Å²) in [7, 11) is 0. The topological polar surface area (TPSA) is 30.7 Å².